The highest BCUT2D eigenvalue weighted by molar-refractivity contribution is 6.22. The summed E-state index contributed by atoms with van der Waals surface area (Å²) in [4.78, 5) is 0. The van der Waals surface area contributed by atoms with Gasteiger partial charge in [-0.2, -0.15) is 0 Å². The summed E-state index contributed by atoms with van der Waals surface area (Å²) in [6, 6.07) is 36.4. The minimum atomic E-state index is 1.01. The van der Waals surface area contributed by atoms with Gasteiger partial charge in [-0.15, -0.1) is 0 Å². The Bertz CT molecular complexity index is 1700. The topological polar surface area (TPSA) is 0 Å². The molecule has 6 aromatic carbocycles. The zero-order chi connectivity index (χ0) is 20.1. The van der Waals surface area contributed by atoms with Crippen molar-refractivity contribution < 1.29 is 0 Å². The molecule has 2 aliphatic carbocycles. The number of hydrogen-bond acceptors (Lipinski definition) is 0. The monoisotopic (exact) mass is 390 g/mol. The van der Waals surface area contributed by atoms with E-state index in [1.807, 2.05) is 0 Å². The molecule has 31 heavy (non-hydrogen) atoms. The van der Waals surface area contributed by atoms with Crippen LogP contribution in [0.15, 0.2) is 97.1 Å². The van der Waals surface area contributed by atoms with Crippen LogP contribution in [0.25, 0.3) is 65.7 Å². The van der Waals surface area contributed by atoms with Gasteiger partial charge in [-0.3, -0.25) is 0 Å². The smallest absolute Gasteiger partial charge is 0.00130 e. The highest BCUT2D eigenvalue weighted by Crippen LogP contribution is 2.53. The molecule has 2 aliphatic rings. The SMILES string of the molecule is c1ccc2cc3c(cc2c1)Cc1ccc2c4c(ccc-3c14)-c1cc3ccccc3cc1-2. The average Bonchev–Trinajstić information content (AvgIpc) is 3.13. The lowest BCUT2D eigenvalue weighted by molar-refractivity contribution is 1.21. The summed E-state index contributed by atoms with van der Waals surface area (Å²) in [7, 11) is 0. The molecule has 0 fully saturated rings. The molecule has 0 aliphatic heterocycles. The molecule has 0 amide bonds. The molecule has 0 N–H and O–H groups in total. The first-order valence-electron chi connectivity index (χ1n) is 11.0. The molecule has 6 aromatic rings. The second-order valence-corrected chi connectivity index (χ2v) is 8.96. The van der Waals surface area contributed by atoms with Crippen molar-refractivity contribution in [1.29, 1.82) is 0 Å². The van der Waals surface area contributed by atoms with Crippen LogP contribution in [-0.2, 0) is 6.42 Å². The van der Waals surface area contributed by atoms with Crippen LogP contribution in [0.4, 0.5) is 0 Å². The van der Waals surface area contributed by atoms with E-state index in [9.17, 15) is 0 Å². The van der Waals surface area contributed by atoms with Gasteiger partial charge in [0.2, 0.25) is 0 Å². The summed E-state index contributed by atoms with van der Waals surface area (Å²) in [5, 5.41) is 8.18. The van der Waals surface area contributed by atoms with Crippen LogP contribution in [-0.4, -0.2) is 0 Å². The van der Waals surface area contributed by atoms with Crippen LogP contribution >= 0.6 is 0 Å². The lowest BCUT2D eigenvalue weighted by Gasteiger charge is -2.22. The van der Waals surface area contributed by atoms with E-state index >= 15 is 0 Å². The van der Waals surface area contributed by atoms with Gasteiger partial charge in [0.05, 0.1) is 0 Å². The first-order chi connectivity index (χ1) is 15.3. The number of rotatable bonds is 0. The van der Waals surface area contributed by atoms with Crippen molar-refractivity contribution in [3.8, 4) is 33.4 Å². The van der Waals surface area contributed by atoms with E-state index in [1.165, 1.54) is 76.8 Å². The lowest BCUT2D eigenvalue weighted by Crippen LogP contribution is -2.01. The van der Waals surface area contributed by atoms with E-state index in [1.54, 1.807) is 0 Å². The first kappa shape index (κ1) is 15.9. The summed E-state index contributed by atoms with van der Waals surface area (Å²) in [5.41, 5.74) is 11.2. The minimum Gasteiger partial charge on any atom is -0.0616 e. The number of benzene rings is 6. The molecule has 8 rings (SSSR count). The summed E-state index contributed by atoms with van der Waals surface area (Å²) >= 11 is 0. The molecule has 0 nitrogen and oxygen atoms in total. The fourth-order valence-electron chi connectivity index (χ4n) is 5.96. The third kappa shape index (κ3) is 1.95. The van der Waals surface area contributed by atoms with Gasteiger partial charge in [-0.05, 0) is 101 Å². The third-order valence-corrected chi connectivity index (χ3v) is 7.36. The van der Waals surface area contributed by atoms with Gasteiger partial charge in [0.25, 0.3) is 0 Å². The Labute approximate surface area is 180 Å². The predicted molar refractivity (Wildman–Crippen MR) is 132 cm³/mol. The van der Waals surface area contributed by atoms with Crippen molar-refractivity contribution in [2.75, 3.05) is 0 Å². The molecule has 0 aromatic heterocycles. The van der Waals surface area contributed by atoms with E-state index in [0.29, 0.717) is 0 Å². The van der Waals surface area contributed by atoms with E-state index in [4.69, 9.17) is 0 Å². The van der Waals surface area contributed by atoms with Gasteiger partial charge in [-0.25, -0.2) is 0 Å². The van der Waals surface area contributed by atoms with Gasteiger partial charge < -0.3 is 0 Å². The van der Waals surface area contributed by atoms with Gasteiger partial charge in [-0.1, -0.05) is 78.9 Å². The zero-order valence-corrected chi connectivity index (χ0v) is 16.9. The number of hydrogen-bond donors (Lipinski definition) is 0. The largest absolute Gasteiger partial charge is 0.0616 e. The van der Waals surface area contributed by atoms with Crippen LogP contribution in [0.2, 0.25) is 0 Å². The lowest BCUT2D eigenvalue weighted by atomic mass is 9.81. The molecule has 0 radical (unpaired) electrons. The van der Waals surface area contributed by atoms with Gasteiger partial charge in [0.15, 0.2) is 0 Å². The van der Waals surface area contributed by atoms with Gasteiger partial charge in [0, 0.05) is 0 Å². The van der Waals surface area contributed by atoms with E-state index in [-0.39, 0.29) is 0 Å². The van der Waals surface area contributed by atoms with Crippen molar-refractivity contribution in [3.05, 3.63) is 108 Å². The molecule has 0 saturated carbocycles. The van der Waals surface area contributed by atoms with Crippen molar-refractivity contribution in [2.24, 2.45) is 0 Å². The highest BCUT2D eigenvalue weighted by atomic mass is 14.3. The Hall–Kier alpha value is -3.90. The van der Waals surface area contributed by atoms with Crippen LogP contribution in [0, 0.1) is 0 Å². The molecule has 0 unspecified atom stereocenters. The maximum absolute atomic E-state index is 2.40. The molecular formula is C31H18. The normalized spacial score (nSPS) is 13.0. The Kier molecular flexibility index (Phi) is 2.77. The zero-order valence-electron chi connectivity index (χ0n) is 16.9. The quantitative estimate of drug-likeness (QED) is 0.244. The van der Waals surface area contributed by atoms with Crippen LogP contribution in [0.5, 0.6) is 0 Å². The van der Waals surface area contributed by atoms with Crippen LogP contribution < -0.4 is 0 Å². The Morgan fingerprint density at radius 3 is 1.45 bits per heavy atom. The average molecular weight is 390 g/mol. The fourth-order valence-corrected chi connectivity index (χ4v) is 5.96. The summed E-state index contributed by atoms with van der Waals surface area (Å²) in [6.45, 7) is 0. The molecule has 0 saturated heterocycles. The predicted octanol–water partition coefficient (Wildman–Crippen LogP) is 8.36. The van der Waals surface area contributed by atoms with Crippen molar-refractivity contribution in [1.82, 2.24) is 0 Å². The third-order valence-electron chi connectivity index (χ3n) is 7.36. The van der Waals surface area contributed by atoms with Crippen molar-refractivity contribution in [3.63, 3.8) is 0 Å². The molecular weight excluding hydrogens is 372 g/mol. The molecule has 0 bridgehead atoms. The van der Waals surface area contributed by atoms with Crippen LogP contribution in [0.3, 0.4) is 0 Å². The number of fused-ring (bicyclic) bond motifs is 7. The molecule has 0 spiro atoms. The highest BCUT2D eigenvalue weighted by Gasteiger charge is 2.27. The van der Waals surface area contributed by atoms with Crippen molar-refractivity contribution >= 4 is 32.3 Å². The van der Waals surface area contributed by atoms with Gasteiger partial charge in [0.1, 0.15) is 0 Å². The molecule has 0 heterocycles. The maximum atomic E-state index is 2.40. The van der Waals surface area contributed by atoms with Crippen molar-refractivity contribution in [2.45, 2.75) is 6.42 Å². The Morgan fingerprint density at radius 2 is 0.839 bits per heavy atom. The standard InChI is InChI=1S/C31H18/c1-2-6-19-15-27-23(13-18(19)5-1)14-22-9-10-25-28-16-20-7-3-4-8-21(20)17-29(28)26-12-11-24(27)30(22)31(25)26/h1-13,15-17H,14H2. The second kappa shape index (κ2) is 5.42. The van der Waals surface area contributed by atoms with Gasteiger partial charge >= 0.3 is 0 Å². The summed E-state index contributed by atoms with van der Waals surface area (Å²) in [6.07, 6.45) is 1.01. The molecule has 142 valence electrons. The maximum Gasteiger partial charge on any atom is -0.00130 e. The Balaban J connectivity index is 1.49. The second-order valence-electron chi connectivity index (χ2n) is 8.96. The summed E-state index contributed by atoms with van der Waals surface area (Å²) < 4.78 is 0. The van der Waals surface area contributed by atoms with E-state index < -0.39 is 0 Å². The van der Waals surface area contributed by atoms with Crippen LogP contribution in [0.1, 0.15) is 11.1 Å². The fraction of sp³-hybridized carbons (Fsp3) is 0.0323. The Morgan fingerprint density at radius 1 is 0.355 bits per heavy atom. The summed E-state index contributed by atoms with van der Waals surface area (Å²) in [5.74, 6) is 0. The van der Waals surface area contributed by atoms with E-state index in [0.717, 1.165) is 6.42 Å². The molecule has 0 heteroatoms. The molecule has 0 atom stereocenters. The first-order valence-corrected chi connectivity index (χ1v) is 11.0. The minimum absolute atomic E-state index is 1.01. The van der Waals surface area contributed by atoms with E-state index in [2.05, 4.69) is 97.1 Å².